The van der Waals surface area contributed by atoms with Gasteiger partial charge in [-0.3, -0.25) is 4.79 Å². The number of rotatable bonds is 4. The van der Waals surface area contributed by atoms with Gasteiger partial charge in [0.25, 0.3) is 5.91 Å². The van der Waals surface area contributed by atoms with Crippen molar-refractivity contribution in [1.29, 1.82) is 5.26 Å². The second-order valence-corrected chi connectivity index (χ2v) is 7.92. The number of aliphatic hydroxyl groups is 1. The summed E-state index contributed by atoms with van der Waals surface area (Å²) in [6.07, 6.45) is 0. The molecule has 1 aliphatic rings. The summed E-state index contributed by atoms with van der Waals surface area (Å²) in [6, 6.07) is 13.6. The second-order valence-electron chi connectivity index (χ2n) is 7.92. The van der Waals surface area contributed by atoms with Crippen molar-refractivity contribution in [3.8, 4) is 17.3 Å². The average Bonchev–Trinajstić information content (AvgIpc) is 3.08. The molecule has 2 heterocycles. The molecule has 6 nitrogen and oxygen atoms in total. The maximum atomic E-state index is 13.2. The molecule has 1 aromatic heterocycles. The van der Waals surface area contributed by atoms with E-state index in [1.165, 1.54) is 0 Å². The molecule has 0 bridgehead atoms. The van der Waals surface area contributed by atoms with Gasteiger partial charge >= 0.3 is 0 Å². The normalized spacial score (nSPS) is 13.8. The van der Waals surface area contributed by atoms with E-state index in [1.807, 2.05) is 62.1 Å². The van der Waals surface area contributed by atoms with Crippen molar-refractivity contribution >= 4 is 5.91 Å². The quantitative estimate of drug-likeness (QED) is 0.700. The standard InChI is InChI=1S/C24H24N4O2/c1-14-8-15(2)21(9-20(14)23-22(13-29)26-16(3)27-23)24(30)28-11-19(12-28)18-6-4-17(10-25)5-7-18/h4-9,19,29H,11-13H2,1-3H3,(H,26,27). The molecule has 30 heavy (non-hydrogen) atoms. The van der Waals surface area contributed by atoms with Crippen molar-refractivity contribution in [2.75, 3.05) is 13.1 Å². The number of imidazole rings is 1. The lowest BCUT2D eigenvalue weighted by Crippen LogP contribution is -2.48. The summed E-state index contributed by atoms with van der Waals surface area (Å²) >= 11 is 0. The van der Waals surface area contributed by atoms with E-state index in [2.05, 4.69) is 16.0 Å². The summed E-state index contributed by atoms with van der Waals surface area (Å²) in [4.78, 5) is 22.6. The smallest absolute Gasteiger partial charge is 0.254 e. The van der Waals surface area contributed by atoms with E-state index in [4.69, 9.17) is 5.26 Å². The van der Waals surface area contributed by atoms with Crippen molar-refractivity contribution in [2.45, 2.75) is 33.3 Å². The summed E-state index contributed by atoms with van der Waals surface area (Å²) in [5, 5.41) is 18.6. The predicted octanol–water partition coefficient (Wildman–Crippen LogP) is 3.61. The fraction of sp³-hybridized carbons (Fsp3) is 0.292. The van der Waals surface area contributed by atoms with Gasteiger partial charge in [-0.15, -0.1) is 0 Å². The van der Waals surface area contributed by atoms with E-state index in [0.717, 1.165) is 33.8 Å². The number of hydrogen-bond acceptors (Lipinski definition) is 4. The molecule has 2 aromatic carbocycles. The van der Waals surface area contributed by atoms with Crippen molar-refractivity contribution in [3.05, 3.63) is 75.7 Å². The summed E-state index contributed by atoms with van der Waals surface area (Å²) in [6.45, 7) is 6.97. The molecule has 152 valence electrons. The van der Waals surface area contributed by atoms with E-state index in [1.54, 1.807) is 0 Å². The Morgan fingerprint density at radius 1 is 1.20 bits per heavy atom. The molecule has 0 radical (unpaired) electrons. The van der Waals surface area contributed by atoms with Crippen LogP contribution in [0, 0.1) is 32.1 Å². The van der Waals surface area contributed by atoms with Crippen LogP contribution < -0.4 is 0 Å². The lowest BCUT2D eigenvalue weighted by atomic mass is 9.89. The lowest BCUT2D eigenvalue weighted by Gasteiger charge is -2.40. The van der Waals surface area contributed by atoms with Gasteiger partial charge in [0.05, 0.1) is 29.6 Å². The van der Waals surface area contributed by atoms with Crippen LogP contribution in [-0.4, -0.2) is 39.0 Å². The minimum absolute atomic E-state index is 0.0143. The number of nitrogens with one attached hydrogen (secondary N) is 1. The van der Waals surface area contributed by atoms with E-state index in [-0.39, 0.29) is 12.5 Å². The number of amides is 1. The van der Waals surface area contributed by atoms with Gasteiger partial charge in [-0.1, -0.05) is 18.2 Å². The molecular weight excluding hydrogens is 376 g/mol. The third-order valence-corrected chi connectivity index (χ3v) is 5.80. The van der Waals surface area contributed by atoms with Gasteiger partial charge in [-0.05, 0) is 55.7 Å². The minimum Gasteiger partial charge on any atom is -0.390 e. The summed E-state index contributed by atoms with van der Waals surface area (Å²) in [5.41, 5.74) is 6.67. The molecule has 1 fully saturated rings. The van der Waals surface area contributed by atoms with Crippen LogP contribution in [0.2, 0.25) is 0 Å². The van der Waals surface area contributed by atoms with E-state index in [9.17, 15) is 9.90 Å². The first-order valence-corrected chi connectivity index (χ1v) is 9.98. The Morgan fingerprint density at radius 2 is 1.90 bits per heavy atom. The van der Waals surface area contributed by atoms with Crippen molar-refractivity contribution < 1.29 is 9.90 Å². The number of aromatic nitrogens is 2. The van der Waals surface area contributed by atoms with Crippen LogP contribution in [0.15, 0.2) is 36.4 Å². The highest BCUT2D eigenvalue weighted by molar-refractivity contribution is 5.97. The topological polar surface area (TPSA) is 93.0 Å². The number of carbonyl (C=O) groups excluding carboxylic acids is 1. The number of aromatic amines is 1. The predicted molar refractivity (Wildman–Crippen MR) is 114 cm³/mol. The molecule has 2 N–H and O–H groups in total. The number of hydrogen-bond donors (Lipinski definition) is 2. The average molecular weight is 400 g/mol. The summed E-state index contributed by atoms with van der Waals surface area (Å²) in [5.74, 6) is 1.04. The molecule has 1 saturated heterocycles. The molecule has 0 saturated carbocycles. The van der Waals surface area contributed by atoms with Crippen molar-refractivity contribution in [1.82, 2.24) is 14.9 Å². The molecule has 0 spiro atoms. The molecule has 3 aromatic rings. The van der Waals surface area contributed by atoms with Gasteiger partial charge in [0.1, 0.15) is 5.82 Å². The number of H-pyrrole nitrogens is 1. The zero-order valence-corrected chi connectivity index (χ0v) is 17.4. The largest absolute Gasteiger partial charge is 0.390 e. The van der Waals surface area contributed by atoms with Gasteiger partial charge < -0.3 is 15.0 Å². The van der Waals surface area contributed by atoms with E-state index >= 15 is 0 Å². The van der Waals surface area contributed by atoms with Gasteiger partial charge in [0, 0.05) is 30.1 Å². The molecule has 4 rings (SSSR count). The molecule has 0 unspecified atom stereocenters. The number of nitriles is 1. The van der Waals surface area contributed by atoms with Crippen molar-refractivity contribution in [2.24, 2.45) is 0 Å². The highest BCUT2D eigenvalue weighted by atomic mass is 16.3. The maximum Gasteiger partial charge on any atom is 0.254 e. The third-order valence-electron chi connectivity index (χ3n) is 5.80. The summed E-state index contributed by atoms with van der Waals surface area (Å²) < 4.78 is 0. The van der Waals surface area contributed by atoms with Crippen LogP contribution in [0.5, 0.6) is 0 Å². The second kappa shape index (κ2) is 7.77. The zero-order chi connectivity index (χ0) is 21.4. The monoisotopic (exact) mass is 400 g/mol. The fourth-order valence-electron chi connectivity index (χ4n) is 4.08. The van der Waals surface area contributed by atoms with Crippen molar-refractivity contribution in [3.63, 3.8) is 0 Å². The highest BCUT2D eigenvalue weighted by Crippen LogP contribution is 2.32. The molecule has 1 aliphatic heterocycles. The molecule has 6 heteroatoms. The first kappa shape index (κ1) is 19.9. The maximum absolute atomic E-state index is 13.2. The molecule has 0 atom stereocenters. The van der Waals surface area contributed by atoms with Crippen LogP contribution >= 0.6 is 0 Å². The lowest BCUT2D eigenvalue weighted by molar-refractivity contribution is 0.0601. The Hall–Kier alpha value is -3.43. The summed E-state index contributed by atoms with van der Waals surface area (Å²) in [7, 11) is 0. The van der Waals surface area contributed by atoms with E-state index < -0.39 is 0 Å². The van der Waals surface area contributed by atoms with Crippen LogP contribution in [0.1, 0.15) is 50.0 Å². The SMILES string of the molecule is Cc1nc(CO)c(-c2cc(C(=O)N3CC(c4ccc(C#N)cc4)C3)c(C)cc2C)[nH]1. The van der Waals surface area contributed by atoms with Gasteiger partial charge in [0.2, 0.25) is 0 Å². The number of aryl methyl sites for hydroxylation is 3. The van der Waals surface area contributed by atoms with E-state index in [0.29, 0.717) is 35.8 Å². The van der Waals surface area contributed by atoms with Crippen LogP contribution in [-0.2, 0) is 6.61 Å². The number of likely N-dealkylation sites (tertiary alicyclic amines) is 1. The fourth-order valence-corrected chi connectivity index (χ4v) is 4.08. The number of nitrogens with zero attached hydrogens (tertiary/aromatic N) is 3. The molecule has 0 aliphatic carbocycles. The molecule has 1 amide bonds. The van der Waals surface area contributed by atoms with Gasteiger partial charge in [-0.25, -0.2) is 4.98 Å². The first-order chi connectivity index (χ1) is 14.4. The first-order valence-electron chi connectivity index (χ1n) is 9.98. The molecular formula is C24H24N4O2. The minimum atomic E-state index is -0.158. The number of carbonyl (C=O) groups is 1. The third kappa shape index (κ3) is 3.49. The number of aliphatic hydroxyl groups excluding tert-OH is 1. The Balaban J connectivity index is 1.57. The Bertz CT molecular complexity index is 1150. The van der Waals surface area contributed by atoms with Gasteiger partial charge in [0.15, 0.2) is 0 Å². The van der Waals surface area contributed by atoms with Crippen LogP contribution in [0.3, 0.4) is 0 Å². The highest BCUT2D eigenvalue weighted by Gasteiger charge is 2.33. The Morgan fingerprint density at radius 3 is 2.53 bits per heavy atom. The number of benzene rings is 2. The van der Waals surface area contributed by atoms with Gasteiger partial charge in [-0.2, -0.15) is 5.26 Å². The zero-order valence-electron chi connectivity index (χ0n) is 17.4. The Kier molecular flexibility index (Phi) is 5.15. The van der Waals surface area contributed by atoms with Crippen LogP contribution in [0.4, 0.5) is 0 Å². The Labute approximate surface area is 175 Å². The van der Waals surface area contributed by atoms with Crippen LogP contribution in [0.25, 0.3) is 11.3 Å².